The number of carbonyl (C=O) groups is 4. The Morgan fingerprint density at radius 3 is 0.545 bits per heavy atom. The van der Waals surface area contributed by atoms with E-state index in [2.05, 4.69) is 39.5 Å². The highest BCUT2D eigenvalue weighted by molar-refractivity contribution is 5.79. The molecule has 0 amide bonds. The van der Waals surface area contributed by atoms with E-state index in [1.807, 2.05) is 0 Å². The highest BCUT2D eigenvalue weighted by Gasteiger charge is 1.74. The van der Waals surface area contributed by atoms with E-state index < -0.39 is 23.9 Å². The molecule has 124 valence electrons. The van der Waals surface area contributed by atoms with Crippen LogP contribution in [-0.2, 0) is 19.2 Å². The molecule has 4 N–H and O–H groups in total. The number of hydrogen-bond acceptors (Lipinski definition) is 4. The zero-order valence-corrected chi connectivity index (χ0v) is 12.0. The highest BCUT2D eigenvalue weighted by atomic mass is 16.4. The van der Waals surface area contributed by atoms with Gasteiger partial charge < -0.3 is 20.4 Å². The number of rotatable bonds is 4. The molecule has 22 heavy (non-hydrogen) atoms. The molecule has 0 bridgehead atoms. The molecule has 0 heterocycles. The quantitative estimate of drug-likeness (QED) is 0.453. The summed E-state index contributed by atoms with van der Waals surface area (Å²) < 4.78 is 0. The summed E-state index contributed by atoms with van der Waals surface area (Å²) in [7, 11) is 0. The molecule has 8 heteroatoms. The number of hydrogen-bond donors (Lipinski definition) is 4. The SMILES string of the molecule is C=C.C=CC(=O)O.C=CC(=O)O.C=CC(=O)O.C=CC(=O)O. The Morgan fingerprint density at radius 2 is 0.545 bits per heavy atom. The summed E-state index contributed by atoms with van der Waals surface area (Å²) in [5, 5.41) is 30.4. The van der Waals surface area contributed by atoms with Crippen LogP contribution in [0.1, 0.15) is 0 Å². The van der Waals surface area contributed by atoms with Crippen molar-refractivity contribution in [2.24, 2.45) is 0 Å². The van der Waals surface area contributed by atoms with Crippen LogP contribution in [0.4, 0.5) is 0 Å². The van der Waals surface area contributed by atoms with Crippen LogP contribution in [0.15, 0.2) is 63.8 Å². The normalized spacial score (nSPS) is 6.00. The zero-order valence-electron chi connectivity index (χ0n) is 12.0. The van der Waals surface area contributed by atoms with Crippen molar-refractivity contribution in [2.75, 3.05) is 0 Å². The minimum absolute atomic E-state index is 0.833. The Labute approximate surface area is 128 Å². The maximum atomic E-state index is 9.25. The van der Waals surface area contributed by atoms with E-state index in [0.29, 0.717) is 0 Å². The van der Waals surface area contributed by atoms with Crippen LogP contribution in [0.25, 0.3) is 0 Å². The second-order valence-electron chi connectivity index (χ2n) is 2.17. The van der Waals surface area contributed by atoms with Gasteiger partial charge in [0.15, 0.2) is 0 Å². The van der Waals surface area contributed by atoms with Crippen molar-refractivity contribution in [1.82, 2.24) is 0 Å². The van der Waals surface area contributed by atoms with Crippen LogP contribution in [0, 0.1) is 0 Å². The lowest BCUT2D eigenvalue weighted by atomic mass is 10.7. The molecular weight excluding hydrogens is 296 g/mol. The molecule has 0 radical (unpaired) electrons. The first kappa shape index (κ1) is 31.1. The van der Waals surface area contributed by atoms with Gasteiger partial charge in [-0.1, -0.05) is 26.3 Å². The van der Waals surface area contributed by atoms with Crippen molar-refractivity contribution in [3.8, 4) is 0 Å². The number of carboxylic acid groups (broad SMARTS) is 4. The molecule has 0 aliphatic rings. The predicted octanol–water partition coefficient (Wildman–Crippen LogP) is 1.83. The minimum atomic E-state index is -0.981. The van der Waals surface area contributed by atoms with Gasteiger partial charge >= 0.3 is 23.9 Å². The molecule has 0 aromatic carbocycles. The Hall–Kier alpha value is -3.42. The van der Waals surface area contributed by atoms with Gasteiger partial charge in [0.05, 0.1) is 0 Å². The zero-order chi connectivity index (χ0) is 19.1. The number of aliphatic carboxylic acids is 4. The third kappa shape index (κ3) is 192. The summed E-state index contributed by atoms with van der Waals surface area (Å²) in [6.07, 6.45) is 3.33. The van der Waals surface area contributed by atoms with Gasteiger partial charge in [-0.15, -0.1) is 13.2 Å². The van der Waals surface area contributed by atoms with Gasteiger partial charge in [0.25, 0.3) is 0 Å². The Balaban J connectivity index is -0.0000000562. The van der Waals surface area contributed by atoms with Gasteiger partial charge in [0.1, 0.15) is 0 Å². The first-order valence-corrected chi connectivity index (χ1v) is 5.00. The topological polar surface area (TPSA) is 149 Å². The molecule has 0 saturated carbocycles. The summed E-state index contributed by atoms with van der Waals surface area (Å²) in [5.41, 5.74) is 0. The molecule has 0 unspecified atom stereocenters. The van der Waals surface area contributed by atoms with Crippen LogP contribution >= 0.6 is 0 Å². The van der Waals surface area contributed by atoms with E-state index in [4.69, 9.17) is 20.4 Å². The lowest BCUT2D eigenvalue weighted by Crippen LogP contribution is -1.82. The summed E-state index contributed by atoms with van der Waals surface area (Å²) in [6.45, 7) is 17.8. The Morgan fingerprint density at radius 1 is 0.500 bits per heavy atom. The average Bonchev–Trinajstić information content (AvgIpc) is 2.50. The summed E-state index contributed by atoms with van der Waals surface area (Å²) in [5.74, 6) is -3.93. The fourth-order valence-corrected chi connectivity index (χ4v) is 0. The molecule has 0 fully saturated rings. The minimum Gasteiger partial charge on any atom is -0.478 e. The molecule has 0 spiro atoms. The molecular formula is C14H20O8. The second kappa shape index (κ2) is 30.5. The van der Waals surface area contributed by atoms with E-state index in [0.717, 1.165) is 24.3 Å². The van der Waals surface area contributed by atoms with Gasteiger partial charge in [-0.2, -0.15) is 0 Å². The first-order valence-electron chi connectivity index (χ1n) is 5.00. The van der Waals surface area contributed by atoms with Crippen LogP contribution in [0.3, 0.4) is 0 Å². The molecule has 0 aliphatic carbocycles. The van der Waals surface area contributed by atoms with Gasteiger partial charge in [-0.25, -0.2) is 19.2 Å². The van der Waals surface area contributed by atoms with Gasteiger partial charge in [0, 0.05) is 24.3 Å². The maximum Gasteiger partial charge on any atom is 0.327 e. The monoisotopic (exact) mass is 316 g/mol. The van der Waals surface area contributed by atoms with E-state index in [-0.39, 0.29) is 0 Å². The standard InChI is InChI=1S/4C3H4O2.C2H4/c4*1-2-3(4)5;1-2/h4*2H,1H2,(H,4,5);1-2H2. The Kier molecular flexibility index (Phi) is 43.2. The van der Waals surface area contributed by atoms with E-state index >= 15 is 0 Å². The van der Waals surface area contributed by atoms with E-state index in [9.17, 15) is 19.2 Å². The third-order valence-electron chi connectivity index (χ3n) is 0.698. The largest absolute Gasteiger partial charge is 0.478 e. The van der Waals surface area contributed by atoms with Crippen LogP contribution in [0.2, 0.25) is 0 Å². The van der Waals surface area contributed by atoms with Crippen LogP contribution < -0.4 is 0 Å². The molecule has 0 atom stereocenters. The smallest absolute Gasteiger partial charge is 0.327 e. The predicted molar refractivity (Wildman–Crippen MR) is 82.6 cm³/mol. The van der Waals surface area contributed by atoms with Gasteiger partial charge in [0.2, 0.25) is 0 Å². The first-order chi connectivity index (χ1) is 10.1. The molecule has 0 aliphatic heterocycles. The average molecular weight is 316 g/mol. The lowest BCUT2D eigenvalue weighted by Gasteiger charge is -1.64. The molecule has 0 saturated heterocycles. The van der Waals surface area contributed by atoms with E-state index in [1.165, 1.54) is 0 Å². The molecule has 0 aromatic heterocycles. The summed E-state index contributed by atoms with van der Waals surface area (Å²) in [6, 6.07) is 0. The Bertz CT molecular complexity index is 310. The molecule has 8 nitrogen and oxygen atoms in total. The van der Waals surface area contributed by atoms with Crippen molar-refractivity contribution < 1.29 is 39.6 Å². The van der Waals surface area contributed by atoms with Gasteiger partial charge in [-0.3, -0.25) is 0 Å². The van der Waals surface area contributed by atoms with Crippen LogP contribution in [0.5, 0.6) is 0 Å². The second-order valence-corrected chi connectivity index (χ2v) is 2.17. The van der Waals surface area contributed by atoms with Crippen molar-refractivity contribution >= 4 is 23.9 Å². The number of carboxylic acids is 4. The highest BCUT2D eigenvalue weighted by Crippen LogP contribution is 1.56. The fraction of sp³-hybridized carbons (Fsp3) is 0. The van der Waals surface area contributed by atoms with E-state index in [1.54, 1.807) is 0 Å². The van der Waals surface area contributed by atoms with Crippen molar-refractivity contribution in [1.29, 1.82) is 0 Å². The van der Waals surface area contributed by atoms with Crippen molar-refractivity contribution in [2.45, 2.75) is 0 Å². The lowest BCUT2D eigenvalue weighted by molar-refractivity contribution is -0.132. The van der Waals surface area contributed by atoms with Crippen LogP contribution in [-0.4, -0.2) is 44.3 Å². The molecule has 0 aromatic rings. The van der Waals surface area contributed by atoms with Gasteiger partial charge in [-0.05, 0) is 0 Å². The summed E-state index contributed by atoms with van der Waals surface area (Å²) in [4.78, 5) is 37.0. The van der Waals surface area contributed by atoms with Crippen molar-refractivity contribution in [3.63, 3.8) is 0 Å². The molecule has 0 rings (SSSR count). The fourth-order valence-electron chi connectivity index (χ4n) is 0. The maximum absolute atomic E-state index is 9.25. The van der Waals surface area contributed by atoms with Crippen molar-refractivity contribution in [3.05, 3.63) is 63.8 Å². The third-order valence-corrected chi connectivity index (χ3v) is 0.698. The summed E-state index contributed by atoms with van der Waals surface area (Å²) >= 11 is 0.